The smallest absolute Gasteiger partial charge is 0.134 e. The molecule has 2 rings (SSSR count). The molecule has 3 nitrogen and oxygen atoms in total. The highest BCUT2D eigenvalue weighted by molar-refractivity contribution is 5.85. The van der Waals surface area contributed by atoms with E-state index in [0.717, 1.165) is 25.2 Å². The van der Waals surface area contributed by atoms with Crippen LogP contribution in [0.25, 0.3) is 0 Å². The topological polar surface area (TPSA) is 52.3 Å². The van der Waals surface area contributed by atoms with Crippen molar-refractivity contribution in [2.75, 3.05) is 13.2 Å². The number of hydrogen-bond donors (Lipinski definition) is 1. The van der Waals surface area contributed by atoms with Crippen molar-refractivity contribution in [3.8, 4) is 5.75 Å². The number of ketones is 1. The van der Waals surface area contributed by atoms with E-state index in [-0.39, 0.29) is 24.1 Å². The van der Waals surface area contributed by atoms with Crippen molar-refractivity contribution in [1.82, 2.24) is 0 Å². The molecular formula is C13H18ClNO2. The van der Waals surface area contributed by atoms with Crippen LogP contribution in [-0.2, 0) is 17.6 Å². The number of benzene rings is 1. The highest BCUT2D eigenvalue weighted by Crippen LogP contribution is 2.26. The first-order valence-electron chi connectivity index (χ1n) is 5.66. The van der Waals surface area contributed by atoms with Crippen LogP contribution in [0, 0.1) is 5.92 Å². The number of halogens is 1. The Morgan fingerprint density at radius 1 is 1.53 bits per heavy atom. The SMILES string of the molecule is CC(=O)C(CN)Cc1ccc2c(c1)CCO2.Cl. The molecule has 1 aromatic carbocycles. The van der Waals surface area contributed by atoms with Gasteiger partial charge in [-0.3, -0.25) is 4.79 Å². The van der Waals surface area contributed by atoms with E-state index in [1.807, 2.05) is 12.1 Å². The minimum Gasteiger partial charge on any atom is -0.493 e. The standard InChI is InChI=1S/C13H17NO2.ClH/c1-9(15)12(8-14)7-10-2-3-13-11(6-10)4-5-16-13;/h2-3,6,12H,4-5,7-8,14H2,1H3;1H. The largest absolute Gasteiger partial charge is 0.493 e. The van der Waals surface area contributed by atoms with Crippen LogP contribution in [-0.4, -0.2) is 18.9 Å². The molecule has 1 aliphatic heterocycles. The molecule has 2 N–H and O–H groups in total. The summed E-state index contributed by atoms with van der Waals surface area (Å²) >= 11 is 0. The molecule has 94 valence electrons. The van der Waals surface area contributed by atoms with Gasteiger partial charge in [-0.05, 0) is 30.5 Å². The van der Waals surface area contributed by atoms with E-state index in [1.165, 1.54) is 11.1 Å². The molecule has 4 heteroatoms. The highest BCUT2D eigenvalue weighted by Gasteiger charge is 2.16. The number of carbonyl (C=O) groups excluding carboxylic acids is 1. The lowest BCUT2D eigenvalue weighted by Crippen LogP contribution is -2.23. The fourth-order valence-corrected chi connectivity index (χ4v) is 2.04. The Morgan fingerprint density at radius 2 is 2.29 bits per heavy atom. The highest BCUT2D eigenvalue weighted by atomic mass is 35.5. The maximum absolute atomic E-state index is 11.3. The van der Waals surface area contributed by atoms with Gasteiger partial charge >= 0.3 is 0 Å². The first-order valence-corrected chi connectivity index (χ1v) is 5.66. The van der Waals surface area contributed by atoms with Crippen LogP contribution < -0.4 is 10.5 Å². The van der Waals surface area contributed by atoms with Crippen LogP contribution >= 0.6 is 12.4 Å². The van der Waals surface area contributed by atoms with Crippen molar-refractivity contribution in [1.29, 1.82) is 0 Å². The number of fused-ring (bicyclic) bond motifs is 1. The van der Waals surface area contributed by atoms with Gasteiger partial charge in [-0.15, -0.1) is 12.4 Å². The molecule has 1 unspecified atom stereocenters. The summed E-state index contributed by atoms with van der Waals surface area (Å²) in [6, 6.07) is 6.15. The minimum atomic E-state index is -0.0552. The number of ether oxygens (including phenoxy) is 1. The van der Waals surface area contributed by atoms with Gasteiger partial charge in [-0.2, -0.15) is 0 Å². The first kappa shape index (κ1) is 14.0. The number of carbonyl (C=O) groups is 1. The second-order valence-corrected chi connectivity index (χ2v) is 4.29. The molecule has 0 bridgehead atoms. The zero-order chi connectivity index (χ0) is 11.5. The fraction of sp³-hybridized carbons (Fsp3) is 0.462. The quantitative estimate of drug-likeness (QED) is 0.892. The second kappa shape index (κ2) is 6.03. The van der Waals surface area contributed by atoms with E-state index in [1.54, 1.807) is 6.92 Å². The van der Waals surface area contributed by atoms with Gasteiger partial charge in [-0.1, -0.05) is 12.1 Å². The number of rotatable bonds is 4. The van der Waals surface area contributed by atoms with Gasteiger partial charge in [0.25, 0.3) is 0 Å². The summed E-state index contributed by atoms with van der Waals surface area (Å²) in [7, 11) is 0. The Balaban J connectivity index is 0.00000144. The molecular weight excluding hydrogens is 238 g/mol. The van der Waals surface area contributed by atoms with Crippen molar-refractivity contribution >= 4 is 18.2 Å². The molecule has 17 heavy (non-hydrogen) atoms. The molecule has 0 amide bonds. The number of nitrogens with two attached hydrogens (primary N) is 1. The second-order valence-electron chi connectivity index (χ2n) is 4.29. The minimum absolute atomic E-state index is 0. The Kier molecular flexibility index (Phi) is 4.97. The summed E-state index contributed by atoms with van der Waals surface area (Å²) in [6.45, 7) is 2.79. The third-order valence-electron chi connectivity index (χ3n) is 3.10. The molecule has 1 atom stereocenters. The van der Waals surface area contributed by atoms with Crippen molar-refractivity contribution in [3.63, 3.8) is 0 Å². The molecule has 0 aromatic heterocycles. The third kappa shape index (κ3) is 3.20. The summed E-state index contributed by atoms with van der Waals surface area (Å²) in [5.41, 5.74) is 8.01. The van der Waals surface area contributed by atoms with Crippen molar-refractivity contribution in [2.24, 2.45) is 11.7 Å². The fourth-order valence-electron chi connectivity index (χ4n) is 2.04. The molecule has 0 saturated carbocycles. The average Bonchev–Trinajstić information content (AvgIpc) is 2.72. The number of Topliss-reactive ketones (excluding diaryl/α,β-unsaturated/α-hetero) is 1. The van der Waals surface area contributed by atoms with Gasteiger partial charge in [0.1, 0.15) is 11.5 Å². The lowest BCUT2D eigenvalue weighted by atomic mass is 9.95. The molecule has 1 aromatic rings. The van der Waals surface area contributed by atoms with Crippen LogP contribution in [0.5, 0.6) is 5.75 Å². The van der Waals surface area contributed by atoms with E-state index >= 15 is 0 Å². The zero-order valence-corrected chi connectivity index (χ0v) is 10.8. The Hall–Kier alpha value is -1.06. The van der Waals surface area contributed by atoms with Crippen molar-refractivity contribution < 1.29 is 9.53 Å². The predicted octanol–water partition coefficient (Wildman–Crippen LogP) is 1.75. The molecule has 1 heterocycles. The van der Waals surface area contributed by atoms with Crippen molar-refractivity contribution in [3.05, 3.63) is 29.3 Å². The Labute approximate surface area is 108 Å². The summed E-state index contributed by atoms with van der Waals surface area (Å²) in [5.74, 6) is 1.09. The number of hydrogen-bond acceptors (Lipinski definition) is 3. The van der Waals surface area contributed by atoms with Gasteiger partial charge in [-0.25, -0.2) is 0 Å². The maximum Gasteiger partial charge on any atom is 0.134 e. The average molecular weight is 256 g/mol. The lowest BCUT2D eigenvalue weighted by Gasteiger charge is -2.11. The van der Waals surface area contributed by atoms with Gasteiger partial charge in [0.15, 0.2) is 0 Å². The molecule has 1 aliphatic rings. The molecule has 0 radical (unpaired) electrons. The van der Waals surface area contributed by atoms with E-state index in [9.17, 15) is 4.79 Å². The normalized spacial score (nSPS) is 14.5. The summed E-state index contributed by atoms with van der Waals surface area (Å²) in [6.07, 6.45) is 1.70. The molecule has 0 spiro atoms. The first-order chi connectivity index (χ1) is 7.70. The van der Waals surface area contributed by atoms with Gasteiger partial charge in [0, 0.05) is 18.9 Å². The summed E-state index contributed by atoms with van der Waals surface area (Å²) in [4.78, 5) is 11.3. The van der Waals surface area contributed by atoms with Crippen LogP contribution in [0.1, 0.15) is 18.1 Å². The van der Waals surface area contributed by atoms with Gasteiger partial charge in [0.05, 0.1) is 6.61 Å². The molecule has 0 aliphatic carbocycles. The van der Waals surface area contributed by atoms with Crippen molar-refractivity contribution in [2.45, 2.75) is 19.8 Å². The van der Waals surface area contributed by atoms with E-state index < -0.39 is 0 Å². The summed E-state index contributed by atoms with van der Waals surface area (Å²) in [5, 5.41) is 0. The van der Waals surface area contributed by atoms with Gasteiger partial charge < -0.3 is 10.5 Å². The van der Waals surface area contributed by atoms with E-state index in [4.69, 9.17) is 10.5 Å². The molecule has 0 saturated heterocycles. The monoisotopic (exact) mass is 255 g/mol. The lowest BCUT2D eigenvalue weighted by molar-refractivity contribution is -0.120. The predicted molar refractivity (Wildman–Crippen MR) is 69.8 cm³/mol. The maximum atomic E-state index is 11.3. The van der Waals surface area contributed by atoms with Crippen LogP contribution in [0.2, 0.25) is 0 Å². The Bertz CT molecular complexity index is 406. The van der Waals surface area contributed by atoms with Gasteiger partial charge in [0.2, 0.25) is 0 Å². The molecule has 0 fully saturated rings. The third-order valence-corrected chi connectivity index (χ3v) is 3.10. The van der Waals surface area contributed by atoms with E-state index in [0.29, 0.717) is 6.54 Å². The van der Waals surface area contributed by atoms with Crippen LogP contribution in [0.15, 0.2) is 18.2 Å². The van der Waals surface area contributed by atoms with E-state index in [2.05, 4.69) is 6.07 Å². The summed E-state index contributed by atoms with van der Waals surface area (Å²) < 4.78 is 5.44. The Morgan fingerprint density at radius 3 is 2.94 bits per heavy atom. The zero-order valence-electron chi connectivity index (χ0n) is 9.94. The van der Waals surface area contributed by atoms with Crippen LogP contribution in [0.3, 0.4) is 0 Å². The van der Waals surface area contributed by atoms with Crippen LogP contribution in [0.4, 0.5) is 0 Å².